The molecule has 30 heavy (non-hydrogen) atoms. The number of aromatic nitrogens is 1. The van der Waals surface area contributed by atoms with E-state index in [1.54, 1.807) is 30.3 Å². The van der Waals surface area contributed by atoms with Gasteiger partial charge in [0, 0.05) is 16.6 Å². The fourth-order valence-electron chi connectivity index (χ4n) is 2.71. The number of hydrogen-bond donors (Lipinski definition) is 1. The van der Waals surface area contributed by atoms with Gasteiger partial charge in [-0.3, -0.25) is 4.79 Å². The fourth-order valence-corrected chi connectivity index (χ4v) is 3.52. The lowest BCUT2D eigenvalue weighted by molar-refractivity contribution is -0.115. The third-order valence-electron chi connectivity index (χ3n) is 4.37. The van der Waals surface area contributed by atoms with Crippen molar-refractivity contribution in [1.29, 1.82) is 5.26 Å². The van der Waals surface area contributed by atoms with Gasteiger partial charge in [0.2, 0.25) is 5.91 Å². The Kier molecular flexibility index (Phi) is 6.94. The summed E-state index contributed by atoms with van der Waals surface area (Å²) in [5.41, 5.74) is 3.89. The van der Waals surface area contributed by atoms with Crippen molar-refractivity contribution in [2.24, 2.45) is 0 Å². The van der Waals surface area contributed by atoms with Crippen molar-refractivity contribution in [3.05, 3.63) is 70.7 Å². The van der Waals surface area contributed by atoms with Crippen molar-refractivity contribution < 1.29 is 14.3 Å². The summed E-state index contributed by atoms with van der Waals surface area (Å²) in [6.45, 7) is 4.40. The number of nitrogens with one attached hydrogen (secondary N) is 1. The van der Waals surface area contributed by atoms with Crippen LogP contribution in [0.1, 0.15) is 47.8 Å². The first-order valence-corrected chi connectivity index (χ1v) is 10.3. The molecule has 0 saturated carbocycles. The zero-order chi connectivity index (χ0) is 21.5. The van der Waals surface area contributed by atoms with Crippen LogP contribution in [-0.2, 0) is 16.1 Å². The third-order valence-corrected chi connectivity index (χ3v) is 5.31. The molecule has 152 valence electrons. The topological polar surface area (TPSA) is 92.1 Å². The van der Waals surface area contributed by atoms with Gasteiger partial charge in [-0.05, 0) is 35.7 Å². The first-order valence-electron chi connectivity index (χ1n) is 9.45. The van der Waals surface area contributed by atoms with Gasteiger partial charge in [0.15, 0.2) is 0 Å². The van der Waals surface area contributed by atoms with Crippen molar-refractivity contribution >= 4 is 28.9 Å². The Balaban J connectivity index is 1.56. The lowest BCUT2D eigenvalue weighted by Crippen LogP contribution is -2.10. The van der Waals surface area contributed by atoms with Crippen LogP contribution < -0.4 is 5.32 Å². The van der Waals surface area contributed by atoms with Gasteiger partial charge in [-0.1, -0.05) is 38.1 Å². The number of nitriles is 1. The molecule has 0 aliphatic heterocycles. The summed E-state index contributed by atoms with van der Waals surface area (Å²) in [5.74, 6) is -0.389. The summed E-state index contributed by atoms with van der Waals surface area (Å²) in [5, 5.41) is 13.8. The molecule has 7 heteroatoms. The van der Waals surface area contributed by atoms with E-state index in [0.717, 1.165) is 10.6 Å². The predicted molar refractivity (Wildman–Crippen MR) is 116 cm³/mol. The van der Waals surface area contributed by atoms with E-state index < -0.39 is 11.9 Å². The highest BCUT2D eigenvalue weighted by molar-refractivity contribution is 7.13. The molecule has 0 bridgehead atoms. The van der Waals surface area contributed by atoms with E-state index >= 15 is 0 Å². The van der Waals surface area contributed by atoms with Gasteiger partial charge in [0.05, 0.1) is 17.3 Å². The molecule has 0 atom stereocenters. The quantitative estimate of drug-likeness (QED) is 0.535. The lowest BCUT2D eigenvalue weighted by atomic mass is 10.0. The second-order valence-electron chi connectivity index (χ2n) is 6.96. The number of rotatable bonds is 7. The summed E-state index contributed by atoms with van der Waals surface area (Å²) in [6.07, 6.45) is -0.221. The lowest BCUT2D eigenvalue weighted by Gasteiger charge is -2.06. The molecule has 3 aromatic rings. The third kappa shape index (κ3) is 5.52. The first-order chi connectivity index (χ1) is 14.5. The maximum absolute atomic E-state index is 12.3. The molecule has 6 nitrogen and oxygen atoms in total. The number of carbonyl (C=O) groups is 2. The summed E-state index contributed by atoms with van der Waals surface area (Å²) in [7, 11) is 0. The number of thiazole rings is 1. The highest BCUT2D eigenvalue weighted by atomic mass is 32.1. The normalized spacial score (nSPS) is 10.5. The van der Waals surface area contributed by atoms with E-state index in [-0.39, 0.29) is 13.0 Å². The Morgan fingerprint density at radius 2 is 1.83 bits per heavy atom. The van der Waals surface area contributed by atoms with Crippen molar-refractivity contribution in [2.75, 3.05) is 5.32 Å². The minimum absolute atomic E-state index is 0.0834. The SMILES string of the molecule is CC(C)c1ccc(-c2nc(COC(=O)c3ccc(NC(=O)CC#N)cc3)cs2)cc1. The second kappa shape index (κ2) is 9.81. The highest BCUT2D eigenvalue weighted by Gasteiger charge is 2.11. The maximum atomic E-state index is 12.3. The smallest absolute Gasteiger partial charge is 0.338 e. The molecule has 0 spiro atoms. The van der Waals surface area contributed by atoms with Gasteiger partial charge < -0.3 is 10.1 Å². The molecule has 1 amide bonds. The highest BCUT2D eigenvalue weighted by Crippen LogP contribution is 2.26. The number of nitrogens with zero attached hydrogens (tertiary/aromatic N) is 2. The van der Waals surface area contributed by atoms with Crippen LogP contribution in [0.5, 0.6) is 0 Å². The minimum Gasteiger partial charge on any atom is -0.456 e. The molecular formula is C23H21N3O3S. The molecule has 1 N–H and O–H groups in total. The Labute approximate surface area is 179 Å². The average Bonchev–Trinajstić information content (AvgIpc) is 3.22. The van der Waals surface area contributed by atoms with E-state index in [2.05, 4.69) is 48.4 Å². The first kappa shape index (κ1) is 21.2. The van der Waals surface area contributed by atoms with Crippen molar-refractivity contribution in [2.45, 2.75) is 32.8 Å². The predicted octanol–water partition coefficient (Wildman–Crippen LogP) is 5.14. The summed E-state index contributed by atoms with van der Waals surface area (Å²) in [4.78, 5) is 28.2. The molecule has 1 aromatic heterocycles. The maximum Gasteiger partial charge on any atom is 0.338 e. The van der Waals surface area contributed by atoms with Crippen LogP contribution in [0, 0.1) is 11.3 Å². The molecule has 0 unspecified atom stereocenters. The number of carbonyl (C=O) groups excluding carboxylic acids is 2. The molecule has 2 aromatic carbocycles. The number of hydrogen-bond acceptors (Lipinski definition) is 6. The molecule has 0 aliphatic carbocycles. The Morgan fingerprint density at radius 3 is 2.47 bits per heavy atom. The van der Waals surface area contributed by atoms with E-state index in [9.17, 15) is 9.59 Å². The van der Waals surface area contributed by atoms with Crippen molar-refractivity contribution in [3.8, 4) is 16.6 Å². The summed E-state index contributed by atoms with van der Waals surface area (Å²) >= 11 is 1.51. The monoisotopic (exact) mass is 419 g/mol. The largest absolute Gasteiger partial charge is 0.456 e. The minimum atomic E-state index is -0.472. The van der Waals surface area contributed by atoms with Crippen LogP contribution in [0.4, 0.5) is 5.69 Å². The molecule has 0 aliphatic rings. The fraction of sp³-hybridized carbons (Fsp3) is 0.217. The number of ether oxygens (including phenoxy) is 1. The molecule has 1 heterocycles. The zero-order valence-corrected chi connectivity index (χ0v) is 17.5. The van der Waals surface area contributed by atoms with Gasteiger partial charge in [-0.2, -0.15) is 5.26 Å². The van der Waals surface area contributed by atoms with Crippen molar-refractivity contribution in [3.63, 3.8) is 0 Å². The summed E-state index contributed by atoms with van der Waals surface area (Å²) in [6, 6.07) is 16.4. The van der Waals surface area contributed by atoms with Gasteiger partial charge in [0.1, 0.15) is 18.0 Å². The number of amides is 1. The Morgan fingerprint density at radius 1 is 1.13 bits per heavy atom. The molecule has 0 radical (unpaired) electrons. The Bertz CT molecular complexity index is 1060. The van der Waals surface area contributed by atoms with E-state index in [1.807, 2.05) is 5.38 Å². The standard InChI is InChI=1S/C23H21N3O3S/c1-15(2)16-3-5-17(6-4-16)22-26-20(14-30-22)13-29-23(28)18-7-9-19(10-8-18)25-21(27)11-12-24/h3-10,14-15H,11,13H2,1-2H3,(H,25,27). The van der Waals surface area contributed by atoms with Gasteiger partial charge in [-0.25, -0.2) is 9.78 Å². The van der Waals surface area contributed by atoms with Gasteiger partial charge in [-0.15, -0.1) is 11.3 Å². The van der Waals surface area contributed by atoms with E-state index in [1.165, 1.54) is 16.9 Å². The van der Waals surface area contributed by atoms with Crippen molar-refractivity contribution in [1.82, 2.24) is 4.98 Å². The zero-order valence-electron chi connectivity index (χ0n) is 16.7. The van der Waals surface area contributed by atoms with E-state index in [4.69, 9.17) is 10.00 Å². The molecular weight excluding hydrogens is 398 g/mol. The molecule has 0 saturated heterocycles. The van der Waals surface area contributed by atoms with Crippen LogP contribution in [0.3, 0.4) is 0 Å². The van der Waals surface area contributed by atoms with Gasteiger partial charge in [0.25, 0.3) is 0 Å². The van der Waals surface area contributed by atoms with Crippen LogP contribution in [-0.4, -0.2) is 16.9 Å². The van der Waals surface area contributed by atoms with E-state index in [0.29, 0.717) is 22.9 Å². The molecule has 0 fully saturated rings. The average molecular weight is 420 g/mol. The van der Waals surface area contributed by atoms with Crippen LogP contribution in [0.25, 0.3) is 10.6 Å². The Hall–Kier alpha value is -3.50. The number of benzene rings is 2. The number of anilines is 1. The summed E-state index contributed by atoms with van der Waals surface area (Å²) < 4.78 is 5.35. The van der Waals surface area contributed by atoms with Crippen LogP contribution in [0.15, 0.2) is 53.9 Å². The number of esters is 1. The second-order valence-corrected chi connectivity index (χ2v) is 7.82. The molecule has 3 rings (SSSR count). The van der Waals surface area contributed by atoms with Crippen LogP contribution >= 0.6 is 11.3 Å². The van der Waals surface area contributed by atoms with Gasteiger partial charge >= 0.3 is 5.97 Å². The van der Waals surface area contributed by atoms with Crippen LogP contribution in [0.2, 0.25) is 0 Å².